The molecular formula is C19H21ClN2O3S. The molecule has 26 heavy (non-hydrogen) atoms. The Kier molecular flexibility index (Phi) is 5.94. The number of carbonyl (C=O) groups excluding carboxylic acids is 2. The summed E-state index contributed by atoms with van der Waals surface area (Å²) in [6.07, 6.45) is 3.71. The van der Waals surface area contributed by atoms with Gasteiger partial charge in [-0.15, -0.1) is 11.3 Å². The second-order valence-corrected chi connectivity index (χ2v) is 7.67. The van der Waals surface area contributed by atoms with Crippen molar-refractivity contribution in [1.82, 2.24) is 4.98 Å². The van der Waals surface area contributed by atoms with E-state index in [-0.39, 0.29) is 18.3 Å². The summed E-state index contributed by atoms with van der Waals surface area (Å²) in [5, 5.41) is 5.85. The molecule has 3 rings (SSSR count). The molecule has 7 heteroatoms. The summed E-state index contributed by atoms with van der Waals surface area (Å²) in [7, 11) is 0. The number of esters is 1. The van der Waals surface area contributed by atoms with Gasteiger partial charge in [-0.3, -0.25) is 9.59 Å². The van der Waals surface area contributed by atoms with Crippen LogP contribution in [0, 0.1) is 0 Å². The number of nitrogens with zero attached hydrogens (tertiary/aromatic N) is 1. The lowest BCUT2D eigenvalue weighted by Gasteiger charge is -2.28. The lowest BCUT2D eigenvalue weighted by Crippen LogP contribution is -2.38. The fourth-order valence-electron chi connectivity index (χ4n) is 3.43. The molecule has 1 saturated carbocycles. The van der Waals surface area contributed by atoms with Gasteiger partial charge in [0.25, 0.3) is 0 Å². The van der Waals surface area contributed by atoms with Crippen LogP contribution in [-0.4, -0.2) is 23.5 Å². The highest BCUT2D eigenvalue weighted by Crippen LogP contribution is 2.42. The molecule has 0 unspecified atom stereocenters. The molecule has 0 radical (unpaired) electrons. The Balaban J connectivity index is 1.75. The normalized spacial score (nSPS) is 15.6. The maximum absolute atomic E-state index is 13.1. The first kappa shape index (κ1) is 18.9. The summed E-state index contributed by atoms with van der Waals surface area (Å²) < 4.78 is 4.93. The van der Waals surface area contributed by atoms with Crippen molar-refractivity contribution < 1.29 is 14.3 Å². The van der Waals surface area contributed by atoms with Crippen LogP contribution in [0.25, 0.3) is 0 Å². The minimum absolute atomic E-state index is 0.0608. The van der Waals surface area contributed by atoms with Gasteiger partial charge in [0, 0.05) is 10.4 Å². The lowest BCUT2D eigenvalue weighted by molar-refractivity contribution is -0.142. The third-order valence-corrected chi connectivity index (χ3v) is 5.71. The first-order valence-electron chi connectivity index (χ1n) is 8.71. The van der Waals surface area contributed by atoms with E-state index in [0.29, 0.717) is 22.5 Å². The van der Waals surface area contributed by atoms with Crippen molar-refractivity contribution in [3.8, 4) is 0 Å². The molecule has 0 spiro atoms. The predicted molar refractivity (Wildman–Crippen MR) is 103 cm³/mol. The van der Waals surface area contributed by atoms with Crippen molar-refractivity contribution in [1.29, 1.82) is 0 Å². The number of anilines is 1. The fraction of sp³-hybridized carbons (Fsp3) is 0.421. The van der Waals surface area contributed by atoms with E-state index in [1.54, 1.807) is 12.3 Å². The number of benzene rings is 1. The maximum atomic E-state index is 13.1. The molecule has 1 N–H and O–H groups in total. The number of thiazole rings is 1. The number of nitrogens with one attached hydrogen (secondary N) is 1. The summed E-state index contributed by atoms with van der Waals surface area (Å²) in [6, 6.07) is 7.53. The van der Waals surface area contributed by atoms with Crippen LogP contribution in [0.3, 0.4) is 0 Å². The minimum Gasteiger partial charge on any atom is -0.466 e. The van der Waals surface area contributed by atoms with Gasteiger partial charge in [-0.2, -0.15) is 0 Å². The van der Waals surface area contributed by atoms with Crippen LogP contribution in [0.15, 0.2) is 29.6 Å². The molecule has 1 fully saturated rings. The van der Waals surface area contributed by atoms with E-state index in [1.165, 1.54) is 11.3 Å². The van der Waals surface area contributed by atoms with Crippen molar-refractivity contribution in [2.45, 2.75) is 44.4 Å². The molecule has 1 aromatic heterocycles. The fourth-order valence-corrected chi connectivity index (χ4v) is 4.33. The van der Waals surface area contributed by atoms with Crippen molar-refractivity contribution in [2.75, 3.05) is 11.9 Å². The van der Waals surface area contributed by atoms with E-state index >= 15 is 0 Å². The van der Waals surface area contributed by atoms with Gasteiger partial charge in [-0.1, -0.05) is 36.6 Å². The Morgan fingerprint density at radius 1 is 1.35 bits per heavy atom. The van der Waals surface area contributed by atoms with Gasteiger partial charge >= 0.3 is 5.97 Å². The minimum atomic E-state index is -0.572. The highest BCUT2D eigenvalue weighted by molar-refractivity contribution is 7.14. The number of halogens is 1. The van der Waals surface area contributed by atoms with Crippen molar-refractivity contribution in [2.24, 2.45) is 0 Å². The number of aromatic nitrogens is 1. The summed E-state index contributed by atoms with van der Waals surface area (Å²) in [5.41, 5.74) is 0.980. The third kappa shape index (κ3) is 4.07. The number of hydrogen-bond acceptors (Lipinski definition) is 5. The molecule has 1 heterocycles. The van der Waals surface area contributed by atoms with Gasteiger partial charge in [0.15, 0.2) is 5.13 Å². The smallest absolute Gasteiger partial charge is 0.311 e. The number of ether oxygens (including phenoxy) is 1. The van der Waals surface area contributed by atoms with Gasteiger partial charge in [0.05, 0.1) is 24.1 Å². The standard InChI is InChI=1S/C19H21ClN2O3S/c1-2-25-16(23)11-15-12-26-18(21-15)22-17(24)19(8-3-4-9-19)13-6-5-7-14(20)10-13/h5-7,10,12H,2-4,8-9,11H2,1H3,(H,21,22,24). The van der Waals surface area contributed by atoms with Crippen LogP contribution in [-0.2, 0) is 26.2 Å². The van der Waals surface area contributed by atoms with E-state index in [9.17, 15) is 9.59 Å². The van der Waals surface area contributed by atoms with Gasteiger partial charge in [-0.25, -0.2) is 4.98 Å². The van der Waals surface area contributed by atoms with E-state index in [1.807, 2.05) is 24.3 Å². The molecule has 0 aliphatic heterocycles. The Bertz CT molecular complexity index is 800. The maximum Gasteiger partial charge on any atom is 0.311 e. The quantitative estimate of drug-likeness (QED) is 0.742. The molecule has 0 atom stereocenters. The highest BCUT2D eigenvalue weighted by atomic mass is 35.5. The molecule has 138 valence electrons. The Labute approximate surface area is 161 Å². The second-order valence-electron chi connectivity index (χ2n) is 6.38. The zero-order valence-electron chi connectivity index (χ0n) is 14.6. The molecule has 0 bridgehead atoms. The zero-order chi connectivity index (χ0) is 18.6. The monoisotopic (exact) mass is 392 g/mol. The second kappa shape index (κ2) is 8.18. The Morgan fingerprint density at radius 2 is 2.12 bits per heavy atom. The summed E-state index contributed by atoms with van der Waals surface area (Å²) >= 11 is 7.46. The van der Waals surface area contributed by atoms with Gasteiger partial charge < -0.3 is 10.1 Å². The zero-order valence-corrected chi connectivity index (χ0v) is 16.2. The molecule has 2 aromatic rings. The molecule has 0 saturated heterocycles. The Hall–Kier alpha value is -1.92. The van der Waals surface area contributed by atoms with Crippen LogP contribution in [0.4, 0.5) is 5.13 Å². The summed E-state index contributed by atoms with van der Waals surface area (Å²) in [5.74, 6) is -0.379. The van der Waals surface area contributed by atoms with Crippen molar-refractivity contribution in [3.05, 3.63) is 45.9 Å². The number of carbonyl (C=O) groups is 2. The average Bonchev–Trinajstić information content (AvgIpc) is 3.25. The summed E-state index contributed by atoms with van der Waals surface area (Å²) in [6.45, 7) is 2.11. The van der Waals surface area contributed by atoms with Crippen molar-refractivity contribution >= 4 is 39.9 Å². The Morgan fingerprint density at radius 3 is 2.81 bits per heavy atom. The van der Waals surface area contributed by atoms with Crippen LogP contribution in [0.2, 0.25) is 5.02 Å². The van der Waals surface area contributed by atoms with Crippen LogP contribution >= 0.6 is 22.9 Å². The molecule has 5 nitrogen and oxygen atoms in total. The van der Waals surface area contributed by atoms with Gasteiger partial charge in [-0.05, 0) is 37.5 Å². The largest absolute Gasteiger partial charge is 0.466 e. The lowest BCUT2D eigenvalue weighted by atomic mass is 9.78. The highest BCUT2D eigenvalue weighted by Gasteiger charge is 2.43. The van der Waals surface area contributed by atoms with Crippen LogP contribution in [0.5, 0.6) is 0 Å². The molecule has 1 amide bonds. The molecule has 1 aromatic carbocycles. The van der Waals surface area contributed by atoms with Gasteiger partial charge in [0.1, 0.15) is 0 Å². The van der Waals surface area contributed by atoms with E-state index in [4.69, 9.17) is 16.3 Å². The number of rotatable bonds is 6. The predicted octanol–water partition coefficient (Wildman–Crippen LogP) is 4.35. The molecule has 1 aliphatic rings. The van der Waals surface area contributed by atoms with E-state index in [0.717, 1.165) is 31.2 Å². The van der Waals surface area contributed by atoms with E-state index < -0.39 is 5.41 Å². The topological polar surface area (TPSA) is 68.3 Å². The number of hydrogen-bond donors (Lipinski definition) is 1. The summed E-state index contributed by atoms with van der Waals surface area (Å²) in [4.78, 5) is 29.0. The molecular weight excluding hydrogens is 372 g/mol. The SMILES string of the molecule is CCOC(=O)Cc1csc(NC(=O)C2(c3cccc(Cl)c3)CCCC2)n1. The van der Waals surface area contributed by atoms with E-state index in [2.05, 4.69) is 10.3 Å². The number of amides is 1. The molecule has 1 aliphatic carbocycles. The first-order valence-corrected chi connectivity index (χ1v) is 9.97. The first-order chi connectivity index (χ1) is 12.5. The van der Waals surface area contributed by atoms with Crippen LogP contribution < -0.4 is 5.32 Å². The average molecular weight is 393 g/mol. The third-order valence-electron chi connectivity index (χ3n) is 4.67. The van der Waals surface area contributed by atoms with Crippen LogP contribution in [0.1, 0.15) is 43.9 Å². The van der Waals surface area contributed by atoms with Crippen molar-refractivity contribution in [3.63, 3.8) is 0 Å². The van der Waals surface area contributed by atoms with Gasteiger partial charge in [0.2, 0.25) is 5.91 Å².